The number of likely N-dealkylation sites (N-methyl/N-ethyl adjacent to an activating group) is 1. The van der Waals surface area contributed by atoms with Gasteiger partial charge in [-0.05, 0) is 32.7 Å². The average molecular weight is 396 g/mol. The van der Waals surface area contributed by atoms with Crippen molar-refractivity contribution in [1.82, 2.24) is 24.8 Å². The summed E-state index contributed by atoms with van der Waals surface area (Å²) in [5.41, 5.74) is 2.54. The van der Waals surface area contributed by atoms with Gasteiger partial charge in [-0.15, -0.1) is 0 Å². The van der Waals surface area contributed by atoms with Crippen LogP contribution < -0.4 is 14.5 Å². The van der Waals surface area contributed by atoms with E-state index in [4.69, 9.17) is 4.74 Å². The van der Waals surface area contributed by atoms with Crippen LogP contribution in [0.3, 0.4) is 0 Å². The lowest BCUT2D eigenvalue weighted by atomic mass is 10.0. The van der Waals surface area contributed by atoms with Crippen LogP contribution >= 0.6 is 0 Å². The van der Waals surface area contributed by atoms with E-state index >= 15 is 0 Å². The molecule has 2 aromatic rings. The van der Waals surface area contributed by atoms with Crippen LogP contribution in [-0.4, -0.2) is 70.7 Å². The van der Waals surface area contributed by atoms with Crippen LogP contribution in [0.2, 0.25) is 0 Å². The lowest BCUT2D eigenvalue weighted by Crippen LogP contribution is -2.47. The van der Waals surface area contributed by atoms with E-state index in [1.807, 2.05) is 6.07 Å². The number of hydrogen-bond donors (Lipinski definition) is 0. The molecule has 0 N–H and O–H groups in total. The van der Waals surface area contributed by atoms with Gasteiger partial charge in [0, 0.05) is 56.3 Å². The standard InChI is InChI=1S/C21H29N7O/c1-26-8-7-18-17(12-26)21(25-13-22-18)27-9-5-16(6-10-27)28(15-3-4-15)19-11-20(29-2)24-14-23-19/h11,13-16H,3-10,12H2,1-2H3. The molecule has 0 radical (unpaired) electrons. The summed E-state index contributed by atoms with van der Waals surface area (Å²) in [6.45, 7) is 4.05. The van der Waals surface area contributed by atoms with Gasteiger partial charge in [0.05, 0.1) is 12.8 Å². The molecule has 0 aromatic carbocycles. The second-order valence-electron chi connectivity index (χ2n) is 8.39. The summed E-state index contributed by atoms with van der Waals surface area (Å²) < 4.78 is 5.32. The molecule has 29 heavy (non-hydrogen) atoms. The largest absolute Gasteiger partial charge is 0.481 e. The first-order valence-corrected chi connectivity index (χ1v) is 10.6. The van der Waals surface area contributed by atoms with Crippen molar-refractivity contribution in [1.29, 1.82) is 0 Å². The Bertz CT molecular complexity index is 864. The third-order valence-corrected chi connectivity index (χ3v) is 6.37. The summed E-state index contributed by atoms with van der Waals surface area (Å²) in [6, 6.07) is 3.08. The van der Waals surface area contributed by atoms with Crippen molar-refractivity contribution < 1.29 is 4.74 Å². The normalized spacial score (nSPS) is 20.4. The number of ether oxygens (including phenoxy) is 1. The maximum atomic E-state index is 5.32. The summed E-state index contributed by atoms with van der Waals surface area (Å²) >= 11 is 0. The molecular formula is C21H29N7O. The van der Waals surface area contributed by atoms with E-state index in [0.29, 0.717) is 18.0 Å². The zero-order valence-corrected chi connectivity index (χ0v) is 17.3. The minimum Gasteiger partial charge on any atom is -0.481 e. The highest BCUT2D eigenvalue weighted by Gasteiger charge is 2.37. The van der Waals surface area contributed by atoms with E-state index < -0.39 is 0 Å². The van der Waals surface area contributed by atoms with E-state index in [9.17, 15) is 0 Å². The highest BCUT2D eigenvalue weighted by atomic mass is 16.5. The van der Waals surface area contributed by atoms with Gasteiger partial charge in [-0.3, -0.25) is 0 Å². The van der Waals surface area contributed by atoms with Gasteiger partial charge in [0.15, 0.2) is 0 Å². The van der Waals surface area contributed by atoms with Crippen LogP contribution in [0.1, 0.15) is 36.9 Å². The smallest absolute Gasteiger partial charge is 0.218 e. The topological polar surface area (TPSA) is 70.5 Å². The molecule has 1 aliphatic carbocycles. The van der Waals surface area contributed by atoms with Crippen molar-refractivity contribution in [2.24, 2.45) is 0 Å². The van der Waals surface area contributed by atoms with Crippen molar-refractivity contribution in [3.63, 3.8) is 0 Å². The summed E-state index contributed by atoms with van der Waals surface area (Å²) in [7, 11) is 3.83. The Morgan fingerprint density at radius 1 is 0.966 bits per heavy atom. The molecular weight excluding hydrogens is 366 g/mol. The Hall–Kier alpha value is -2.48. The van der Waals surface area contributed by atoms with E-state index in [-0.39, 0.29) is 0 Å². The highest BCUT2D eigenvalue weighted by Crippen LogP contribution is 2.37. The fraction of sp³-hybridized carbons (Fsp3) is 0.619. The van der Waals surface area contributed by atoms with Crippen molar-refractivity contribution in [2.45, 2.75) is 50.7 Å². The van der Waals surface area contributed by atoms with E-state index in [1.165, 1.54) is 24.1 Å². The zero-order chi connectivity index (χ0) is 19.8. The Balaban J connectivity index is 1.32. The third kappa shape index (κ3) is 3.73. The maximum Gasteiger partial charge on any atom is 0.218 e. The minimum absolute atomic E-state index is 0.499. The minimum atomic E-state index is 0.499. The first-order valence-electron chi connectivity index (χ1n) is 10.6. The number of nitrogens with zero attached hydrogens (tertiary/aromatic N) is 7. The molecule has 2 fully saturated rings. The number of piperidine rings is 1. The van der Waals surface area contributed by atoms with Gasteiger partial charge >= 0.3 is 0 Å². The molecule has 1 saturated heterocycles. The quantitative estimate of drug-likeness (QED) is 0.760. The highest BCUT2D eigenvalue weighted by molar-refractivity contribution is 5.51. The lowest BCUT2D eigenvalue weighted by molar-refractivity contribution is 0.308. The molecule has 0 amide bonds. The molecule has 154 valence electrons. The number of methoxy groups -OCH3 is 1. The van der Waals surface area contributed by atoms with Crippen LogP contribution in [0, 0.1) is 0 Å². The second-order valence-corrected chi connectivity index (χ2v) is 8.39. The Kier molecular flexibility index (Phi) is 4.95. The molecule has 0 atom stereocenters. The predicted octanol–water partition coefficient (Wildman–Crippen LogP) is 1.90. The predicted molar refractivity (Wildman–Crippen MR) is 111 cm³/mol. The molecule has 2 aromatic heterocycles. The van der Waals surface area contributed by atoms with Crippen LogP contribution in [-0.2, 0) is 13.0 Å². The maximum absolute atomic E-state index is 5.32. The number of fused-ring (bicyclic) bond motifs is 1. The molecule has 8 nitrogen and oxygen atoms in total. The molecule has 8 heteroatoms. The number of aromatic nitrogens is 4. The molecule has 2 aliphatic heterocycles. The fourth-order valence-electron chi connectivity index (χ4n) is 4.70. The summed E-state index contributed by atoms with van der Waals surface area (Å²) in [5.74, 6) is 2.77. The average Bonchev–Trinajstić information content (AvgIpc) is 3.59. The zero-order valence-electron chi connectivity index (χ0n) is 17.3. The van der Waals surface area contributed by atoms with Crippen LogP contribution in [0.15, 0.2) is 18.7 Å². The Morgan fingerprint density at radius 3 is 2.48 bits per heavy atom. The van der Waals surface area contributed by atoms with Crippen LogP contribution in [0.4, 0.5) is 11.6 Å². The van der Waals surface area contributed by atoms with Gasteiger partial charge in [-0.1, -0.05) is 0 Å². The molecule has 0 spiro atoms. The Morgan fingerprint density at radius 2 is 1.72 bits per heavy atom. The van der Waals surface area contributed by atoms with Crippen molar-refractivity contribution in [3.8, 4) is 5.88 Å². The van der Waals surface area contributed by atoms with Crippen LogP contribution in [0.5, 0.6) is 5.88 Å². The van der Waals surface area contributed by atoms with E-state index in [1.54, 1.807) is 19.8 Å². The monoisotopic (exact) mass is 395 g/mol. The lowest BCUT2D eigenvalue weighted by Gasteiger charge is -2.40. The van der Waals surface area contributed by atoms with Gasteiger partial charge in [0.2, 0.25) is 5.88 Å². The first-order chi connectivity index (χ1) is 14.2. The molecule has 4 heterocycles. The molecule has 0 unspecified atom stereocenters. The summed E-state index contributed by atoms with van der Waals surface area (Å²) in [6.07, 6.45) is 9.09. The number of rotatable bonds is 5. The fourth-order valence-corrected chi connectivity index (χ4v) is 4.70. The Labute approximate surface area is 171 Å². The third-order valence-electron chi connectivity index (χ3n) is 6.37. The van der Waals surface area contributed by atoms with Gasteiger partial charge < -0.3 is 19.4 Å². The van der Waals surface area contributed by atoms with Crippen molar-refractivity contribution in [2.75, 3.05) is 43.6 Å². The van der Waals surface area contributed by atoms with Gasteiger partial charge in [0.1, 0.15) is 24.3 Å². The van der Waals surface area contributed by atoms with Gasteiger partial charge in [-0.2, -0.15) is 0 Å². The molecule has 0 bridgehead atoms. The number of hydrogen-bond acceptors (Lipinski definition) is 8. The van der Waals surface area contributed by atoms with Gasteiger partial charge in [0.25, 0.3) is 0 Å². The second kappa shape index (κ2) is 7.74. The van der Waals surface area contributed by atoms with Crippen LogP contribution in [0.25, 0.3) is 0 Å². The number of anilines is 2. The summed E-state index contributed by atoms with van der Waals surface area (Å²) in [4.78, 5) is 25.3. The van der Waals surface area contributed by atoms with E-state index in [0.717, 1.165) is 57.1 Å². The first kappa shape index (κ1) is 18.5. The summed E-state index contributed by atoms with van der Waals surface area (Å²) in [5, 5.41) is 0. The van der Waals surface area contributed by atoms with Crippen molar-refractivity contribution in [3.05, 3.63) is 30.0 Å². The van der Waals surface area contributed by atoms with Gasteiger partial charge in [-0.25, -0.2) is 19.9 Å². The SMILES string of the molecule is COc1cc(N(C2CC2)C2CCN(c3ncnc4c3CN(C)CC4)CC2)ncn1. The molecule has 3 aliphatic rings. The molecule has 1 saturated carbocycles. The van der Waals surface area contributed by atoms with E-state index in [2.05, 4.69) is 41.7 Å². The molecule has 5 rings (SSSR count). The van der Waals surface area contributed by atoms with Crippen molar-refractivity contribution >= 4 is 11.6 Å².